The Morgan fingerprint density at radius 1 is 1.00 bits per heavy atom. The third-order valence-electron chi connectivity index (χ3n) is 3.16. The first-order chi connectivity index (χ1) is 9.54. The minimum atomic E-state index is -0.908. The Morgan fingerprint density at radius 3 is 2.50 bits per heavy atom. The summed E-state index contributed by atoms with van der Waals surface area (Å²) in [6, 6.07) is 11.6. The molecule has 0 amide bonds. The van der Waals surface area contributed by atoms with Gasteiger partial charge in [0.2, 0.25) is 0 Å². The van der Waals surface area contributed by atoms with Crippen LogP contribution in [0.25, 0.3) is 0 Å². The number of carbonyl (C=O) groups is 1. The number of aryl methyl sites for hydroxylation is 2. The molecule has 2 aromatic rings. The molecule has 0 aliphatic carbocycles. The van der Waals surface area contributed by atoms with E-state index in [1.165, 1.54) is 6.07 Å². The molecule has 0 aliphatic rings. The Hall–Kier alpha value is -2.03. The molecule has 0 N–H and O–H groups in total. The Morgan fingerprint density at radius 2 is 1.80 bits per heavy atom. The van der Waals surface area contributed by atoms with Crippen LogP contribution >= 0.6 is 0 Å². The van der Waals surface area contributed by atoms with Crippen molar-refractivity contribution in [3.05, 3.63) is 70.8 Å². The fourth-order valence-corrected chi connectivity index (χ4v) is 2.12. The van der Waals surface area contributed by atoms with Gasteiger partial charge in [-0.05, 0) is 36.6 Å². The van der Waals surface area contributed by atoms with Crippen LogP contribution in [0, 0.1) is 18.6 Å². The summed E-state index contributed by atoms with van der Waals surface area (Å²) in [7, 11) is 0. The fraction of sp³-hybridized carbons (Fsp3) is 0.235. The molecule has 0 unspecified atom stereocenters. The van der Waals surface area contributed by atoms with Crippen LogP contribution in [0.1, 0.15) is 23.1 Å². The van der Waals surface area contributed by atoms with Crippen molar-refractivity contribution in [1.29, 1.82) is 0 Å². The van der Waals surface area contributed by atoms with Gasteiger partial charge >= 0.3 is 0 Å². The maximum atomic E-state index is 13.0. The summed E-state index contributed by atoms with van der Waals surface area (Å²) in [6.07, 6.45) is 1.22. The van der Waals surface area contributed by atoms with E-state index in [1.54, 1.807) is 0 Å². The lowest BCUT2D eigenvalue weighted by Crippen LogP contribution is -2.05. The van der Waals surface area contributed by atoms with E-state index < -0.39 is 11.6 Å². The first-order valence-corrected chi connectivity index (χ1v) is 6.56. The second kappa shape index (κ2) is 6.42. The molecule has 0 saturated carbocycles. The molecule has 104 valence electrons. The standard InChI is InChI=1S/C17H16F2O/c1-12-3-2-4-13(9-12)5-7-15(20)10-14-6-8-16(18)17(19)11-14/h2-4,6,8-9,11H,5,7,10H2,1H3. The highest BCUT2D eigenvalue weighted by Gasteiger charge is 2.07. The first-order valence-electron chi connectivity index (χ1n) is 6.56. The molecule has 0 saturated heterocycles. The zero-order chi connectivity index (χ0) is 14.5. The SMILES string of the molecule is Cc1cccc(CCC(=O)Cc2ccc(F)c(F)c2)c1. The number of ketones is 1. The third-order valence-corrected chi connectivity index (χ3v) is 3.16. The molecule has 0 heterocycles. The monoisotopic (exact) mass is 274 g/mol. The summed E-state index contributed by atoms with van der Waals surface area (Å²) in [4.78, 5) is 11.9. The zero-order valence-corrected chi connectivity index (χ0v) is 11.3. The van der Waals surface area contributed by atoms with Crippen molar-refractivity contribution >= 4 is 5.78 Å². The molecule has 0 aromatic heterocycles. The van der Waals surface area contributed by atoms with Crippen LogP contribution in [0.2, 0.25) is 0 Å². The van der Waals surface area contributed by atoms with Gasteiger partial charge in [0.05, 0.1) is 0 Å². The van der Waals surface area contributed by atoms with Crippen molar-refractivity contribution in [2.75, 3.05) is 0 Å². The van der Waals surface area contributed by atoms with Gasteiger partial charge in [0.25, 0.3) is 0 Å². The first kappa shape index (κ1) is 14.4. The van der Waals surface area contributed by atoms with Crippen LogP contribution in [0.15, 0.2) is 42.5 Å². The Kier molecular flexibility index (Phi) is 4.61. The summed E-state index contributed by atoms with van der Waals surface area (Å²) < 4.78 is 25.8. The van der Waals surface area contributed by atoms with E-state index in [1.807, 2.05) is 31.2 Å². The van der Waals surface area contributed by atoms with Crippen LogP contribution in [0.4, 0.5) is 8.78 Å². The molecule has 0 spiro atoms. The van der Waals surface area contributed by atoms with E-state index in [-0.39, 0.29) is 12.2 Å². The van der Waals surface area contributed by atoms with Gasteiger partial charge in [0.1, 0.15) is 5.78 Å². The third kappa shape index (κ3) is 3.98. The topological polar surface area (TPSA) is 17.1 Å². The van der Waals surface area contributed by atoms with Crippen molar-refractivity contribution < 1.29 is 13.6 Å². The lowest BCUT2D eigenvalue weighted by molar-refractivity contribution is -0.118. The maximum absolute atomic E-state index is 13.0. The molecule has 20 heavy (non-hydrogen) atoms. The summed E-state index contributed by atoms with van der Waals surface area (Å²) in [5.41, 5.74) is 2.79. The smallest absolute Gasteiger partial charge is 0.159 e. The second-order valence-corrected chi connectivity index (χ2v) is 4.95. The zero-order valence-electron chi connectivity index (χ0n) is 11.3. The normalized spacial score (nSPS) is 10.6. The second-order valence-electron chi connectivity index (χ2n) is 4.95. The van der Waals surface area contributed by atoms with Gasteiger partial charge in [-0.2, -0.15) is 0 Å². The highest BCUT2D eigenvalue weighted by molar-refractivity contribution is 5.81. The molecule has 1 nitrogen and oxygen atoms in total. The van der Waals surface area contributed by atoms with Crippen LogP contribution in [-0.4, -0.2) is 5.78 Å². The predicted molar refractivity (Wildman–Crippen MR) is 74.6 cm³/mol. The van der Waals surface area contributed by atoms with Gasteiger partial charge in [0, 0.05) is 12.8 Å². The van der Waals surface area contributed by atoms with Crippen molar-refractivity contribution in [2.45, 2.75) is 26.2 Å². The molecule has 0 fully saturated rings. The van der Waals surface area contributed by atoms with E-state index in [0.29, 0.717) is 18.4 Å². The maximum Gasteiger partial charge on any atom is 0.159 e. The molecular weight excluding hydrogens is 258 g/mol. The summed E-state index contributed by atoms with van der Waals surface area (Å²) in [5.74, 6) is -1.77. The highest BCUT2D eigenvalue weighted by atomic mass is 19.2. The van der Waals surface area contributed by atoms with Gasteiger partial charge in [-0.1, -0.05) is 35.9 Å². The number of hydrogen-bond donors (Lipinski definition) is 0. The number of benzene rings is 2. The molecular formula is C17H16F2O. The molecule has 0 radical (unpaired) electrons. The molecule has 0 aliphatic heterocycles. The van der Waals surface area contributed by atoms with Gasteiger partial charge in [0.15, 0.2) is 11.6 Å². The van der Waals surface area contributed by atoms with E-state index in [9.17, 15) is 13.6 Å². The quantitative estimate of drug-likeness (QED) is 0.805. The van der Waals surface area contributed by atoms with Crippen LogP contribution in [0.3, 0.4) is 0 Å². The summed E-state index contributed by atoms with van der Waals surface area (Å²) in [5, 5.41) is 0. The van der Waals surface area contributed by atoms with Gasteiger partial charge in [-0.15, -0.1) is 0 Å². The van der Waals surface area contributed by atoms with Crippen LogP contribution < -0.4 is 0 Å². The lowest BCUT2D eigenvalue weighted by Gasteiger charge is -2.04. The average molecular weight is 274 g/mol. The van der Waals surface area contributed by atoms with E-state index in [0.717, 1.165) is 23.3 Å². The number of halogens is 2. The largest absolute Gasteiger partial charge is 0.299 e. The number of carbonyl (C=O) groups excluding carboxylic acids is 1. The van der Waals surface area contributed by atoms with Crippen molar-refractivity contribution in [1.82, 2.24) is 0 Å². The molecule has 2 aromatic carbocycles. The van der Waals surface area contributed by atoms with Crippen molar-refractivity contribution in [2.24, 2.45) is 0 Å². The number of Topliss-reactive ketones (excluding diaryl/α,β-unsaturated/α-hetero) is 1. The Bertz CT molecular complexity index is 620. The Labute approximate surface area is 117 Å². The van der Waals surface area contributed by atoms with E-state index >= 15 is 0 Å². The highest BCUT2D eigenvalue weighted by Crippen LogP contribution is 2.12. The number of rotatable bonds is 5. The summed E-state index contributed by atoms with van der Waals surface area (Å²) in [6.45, 7) is 2.01. The van der Waals surface area contributed by atoms with Crippen LogP contribution in [0.5, 0.6) is 0 Å². The minimum absolute atomic E-state index is 0.0255. The van der Waals surface area contributed by atoms with E-state index in [2.05, 4.69) is 0 Å². The van der Waals surface area contributed by atoms with Crippen molar-refractivity contribution in [3.8, 4) is 0 Å². The predicted octanol–water partition coefficient (Wildman–Crippen LogP) is 4.02. The average Bonchev–Trinajstić information content (AvgIpc) is 2.41. The number of hydrogen-bond acceptors (Lipinski definition) is 1. The summed E-state index contributed by atoms with van der Waals surface area (Å²) >= 11 is 0. The van der Waals surface area contributed by atoms with Gasteiger partial charge in [-0.25, -0.2) is 8.78 Å². The Balaban J connectivity index is 1.91. The van der Waals surface area contributed by atoms with E-state index in [4.69, 9.17) is 0 Å². The minimum Gasteiger partial charge on any atom is -0.299 e. The fourth-order valence-electron chi connectivity index (χ4n) is 2.12. The van der Waals surface area contributed by atoms with Crippen molar-refractivity contribution in [3.63, 3.8) is 0 Å². The molecule has 0 atom stereocenters. The molecule has 3 heteroatoms. The molecule has 2 rings (SSSR count). The molecule has 0 bridgehead atoms. The van der Waals surface area contributed by atoms with Gasteiger partial charge < -0.3 is 0 Å². The lowest BCUT2D eigenvalue weighted by atomic mass is 10.0. The van der Waals surface area contributed by atoms with Gasteiger partial charge in [-0.3, -0.25) is 4.79 Å². The van der Waals surface area contributed by atoms with Crippen LogP contribution in [-0.2, 0) is 17.6 Å².